The maximum absolute atomic E-state index is 5.91. The Kier molecular flexibility index (Phi) is 2.94. The van der Waals surface area contributed by atoms with Gasteiger partial charge in [0.25, 0.3) is 0 Å². The van der Waals surface area contributed by atoms with Gasteiger partial charge in [0, 0.05) is 0 Å². The van der Waals surface area contributed by atoms with Crippen LogP contribution in [0.4, 0.5) is 0 Å². The second-order valence-electron chi connectivity index (χ2n) is 5.82. The Morgan fingerprint density at radius 2 is 0.895 bits per heavy atom. The van der Waals surface area contributed by atoms with Crippen LogP contribution < -0.4 is 0 Å². The Labute approximate surface area is 115 Å². The largest absolute Gasteiger partial charge is 0.359 e. The fraction of sp³-hybridized carbons (Fsp3) is 0.333. The first-order valence-electron chi connectivity index (χ1n) is 6.85. The van der Waals surface area contributed by atoms with E-state index < -0.39 is 0 Å². The molecule has 0 unspecified atom stereocenters. The van der Waals surface area contributed by atoms with Gasteiger partial charge in [-0.15, -0.1) is 0 Å². The van der Waals surface area contributed by atoms with Crippen molar-refractivity contribution in [3.63, 3.8) is 0 Å². The minimum absolute atomic E-state index is 0.236. The maximum Gasteiger partial charge on any atom is 0.114 e. The van der Waals surface area contributed by atoms with E-state index in [-0.39, 0.29) is 12.2 Å². The summed E-state index contributed by atoms with van der Waals surface area (Å²) in [7, 11) is 0. The summed E-state index contributed by atoms with van der Waals surface area (Å²) in [6.07, 6.45) is 0.472. The fourth-order valence-corrected chi connectivity index (χ4v) is 2.97. The minimum Gasteiger partial charge on any atom is -0.359 e. The molecule has 0 aromatic heterocycles. The van der Waals surface area contributed by atoms with E-state index in [4.69, 9.17) is 4.74 Å². The van der Waals surface area contributed by atoms with Crippen molar-refractivity contribution in [3.05, 3.63) is 69.8 Å². The maximum atomic E-state index is 5.91. The normalized spacial score (nSPS) is 21.5. The van der Waals surface area contributed by atoms with Gasteiger partial charge < -0.3 is 4.74 Å². The summed E-state index contributed by atoms with van der Waals surface area (Å²) in [5.41, 5.74) is 7.85. The highest BCUT2D eigenvalue weighted by Crippen LogP contribution is 2.51. The van der Waals surface area contributed by atoms with Gasteiger partial charge >= 0.3 is 0 Å². The zero-order chi connectivity index (χ0) is 13.6. The van der Waals surface area contributed by atoms with E-state index in [0.717, 1.165) is 0 Å². The molecule has 1 aliphatic rings. The van der Waals surface area contributed by atoms with E-state index in [1.54, 1.807) is 0 Å². The number of epoxide rings is 1. The van der Waals surface area contributed by atoms with Crippen molar-refractivity contribution in [2.24, 2.45) is 0 Å². The molecule has 0 radical (unpaired) electrons. The highest BCUT2D eigenvalue weighted by molar-refractivity contribution is 5.37. The molecule has 2 aromatic carbocycles. The van der Waals surface area contributed by atoms with Crippen LogP contribution in [-0.4, -0.2) is 0 Å². The first kappa shape index (κ1) is 12.4. The van der Waals surface area contributed by atoms with Gasteiger partial charge in [0.2, 0.25) is 0 Å². The highest BCUT2D eigenvalue weighted by atomic mass is 16.6. The summed E-state index contributed by atoms with van der Waals surface area (Å²) >= 11 is 0. The predicted molar refractivity (Wildman–Crippen MR) is 78.4 cm³/mol. The highest BCUT2D eigenvalue weighted by Gasteiger charge is 2.41. The molecule has 1 aliphatic heterocycles. The lowest BCUT2D eigenvalue weighted by molar-refractivity contribution is 0.377. The number of hydrogen-bond donors (Lipinski definition) is 0. The number of rotatable bonds is 2. The van der Waals surface area contributed by atoms with Gasteiger partial charge in [-0.3, -0.25) is 0 Å². The van der Waals surface area contributed by atoms with Crippen LogP contribution in [0.15, 0.2) is 36.4 Å². The molecule has 0 N–H and O–H groups in total. The van der Waals surface area contributed by atoms with Gasteiger partial charge in [-0.25, -0.2) is 0 Å². The summed E-state index contributed by atoms with van der Waals surface area (Å²) < 4.78 is 5.91. The van der Waals surface area contributed by atoms with Gasteiger partial charge in [0.05, 0.1) is 0 Å². The average Bonchev–Trinajstić information content (AvgIpc) is 3.05. The molecule has 0 aliphatic carbocycles. The summed E-state index contributed by atoms with van der Waals surface area (Å²) in [6, 6.07) is 13.4. The van der Waals surface area contributed by atoms with Crippen LogP contribution in [0.3, 0.4) is 0 Å². The van der Waals surface area contributed by atoms with Gasteiger partial charge in [-0.05, 0) is 38.8 Å². The quantitative estimate of drug-likeness (QED) is 0.704. The van der Waals surface area contributed by atoms with Crippen LogP contribution in [0, 0.1) is 27.7 Å². The molecule has 3 rings (SSSR count). The van der Waals surface area contributed by atoms with Crippen LogP contribution in [0.25, 0.3) is 0 Å². The Balaban J connectivity index is 1.87. The molecule has 19 heavy (non-hydrogen) atoms. The molecule has 98 valence electrons. The van der Waals surface area contributed by atoms with E-state index in [1.165, 1.54) is 33.4 Å². The van der Waals surface area contributed by atoms with Gasteiger partial charge in [-0.2, -0.15) is 0 Å². The third-order valence-corrected chi connectivity index (χ3v) is 3.64. The molecule has 1 heteroatoms. The zero-order valence-corrected chi connectivity index (χ0v) is 12.0. The van der Waals surface area contributed by atoms with E-state index >= 15 is 0 Å². The topological polar surface area (TPSA) is 12.5 Å². The van der Waals surface area contributed by atoms with E-state index in [9.17, 15) is 0 Å². The summed E-state index contributed by atoms with van der Waals surface area (Å²) in [5.74, 6) is 0. The number of ether oxygens (including phenoxy) is 1. The molecule has 0 amide bonds. The lowest BCUT2D eigenvalue weighted by Crippen LogP contribution is -1.89. The van der Waals surface area contributed by atoms with Crippen molar-refractivity contribution in [2.45, 2.75) is 39.9 Å². The molecule has 0 bridgehead atoms. The van der Waals surface area contributed by atoms with Crippen molar-refractivity contribution in [1.82, 2.24) is 0 Å². The number of aryl methyl sites for hydroxylation is 4. The molecule has 2 atom stereocenters. The Hall–Kier alpha value is -1.60. The SMILES string of the molecule is Cc1cc(C)cc([C@@H]2O[C@H]2c2cc(C)cc(C)c2)c1. The molecule has 0 saturated carbocycles. The van der Waals surface area contributed by atoms with Crippen molar-refractivity contribution in [3.8, 4) is 0 Å². The van der Waals surface area contributed by atoms with Crippen molar-refractivity contribution < 1.29 is 4.74 Å². The second-order valence-corrected chi connectivity index (χ2v) is 5.82. The molecule has 1 heterocycles. The first-order chi connectivity index (χ1) is 9.02. The van der Waals surface area contributed by atoms with Gasteiger partial charge in [0.1, 0.15) is 12.2 Å². The lowest BCUT2D eigenvalue weighted by Gasteiger charge is -2.03. The molecule has 2 aromatic rings. The van der Waals surface area contributed by atoms with Crippen LogP contribution in [0.5, 0.6) is 0 Å². The predicted octanol–water partition coefficient (Wildman–Crippen LogP) is 4.73. The summed E-state index contributed by atoms with van der Waals surface area (Å²) in [4.78, 5) is 0. The molecule has 1 fully saturated rings. The summed E-state index contributed by atoms with van der Waals surface area (Å²) in [5, 5.41) is 0. The van der Waals surface area contributed by atoms with Crippen LogP contribution in [0.1, 0.15) is 45.6 Å². The summed E-state index contributed by atoms with van der Waals surface area (Å²) in [6.45, 7) is 8.57. The van der Waals surface area contributed by atoms with Gasteiger partial charge in [-0.1, -0.05) is 58.7 Å². The van der Waals surface area contributed by atoms with E-state index in [2.05, 4.69) is 64.1 Å². The van der Waals surface area contributed by atoms with Crippen LogP contribution in [-0.2, 0) is 4.74 Å². The molecule has 1 saturated heterocycles. The van der Waals surface area contributed by atoms with E-state index in [1.807, 2.05) is 0 Å². The second kappa shape index (κ2) is 4.50. The zero-order valence-electron chi connectivity index (χ0n) is 12.0. The number of hydrogen-bond acceptors (Lipinski definition) is 1. The van der Waals surface area contributed by atoms with Crippen molar-refractivity contribution in [2.75, 3.05) is 0 Å². The Morgan fingerprint density at radius 3 is 1.21 bits per heavy atom. The third-order valence-electron chi connectivity index (χ3n) is 3.64. The fourth-order valence-electron chi connectivity index (χ4n) is 2.97. The van der Waals surface area contributed by atoms with Crippen LogP contribution >= 0.6 is 0 Å². The smallest absolute Gasteiger partial charge is 0.114 e. The van der Waals surface area contributed by atoms with Gasteiger partial charge in [0.15, 0.2) is 0 Å². The van der Waals surface area contributed by atoms with Crippen molar-refractivity contribution >= 4 is 0 Å². The van der Waals surface area contributed by atoms with Crippen LogP contribution in [0.2, 0.25) is 0 Å². The molecular formula is C18H20O. The lowest BCUT2D eigenvalue weighted by atomic mass is 9.99. The van der Waals surface area contributed by atoms with E-state index in [0.29, 0.717) is 0 Å². The third kappa shape index (κ3) is 2.57. The van der Waals surface area contributed by atoms with Crippen molar-refractivity contribution in [1.29, 1.82) is 0 Å². The minimum atomic E-state index is 0.236. The Bertz CT molecular complexity index is 532. The standard InChI is InChI=1S/C18H20O/c1-11-5-12(2)8-15(7-11)17-18(19-17)16-9-13(3)6-14(4)10-16/h5-10,17-18H,1-4H3/t17-,18-/m0/s1. The Morgan fingerprint density at radius 1 is 0.579 bits per heavy atom. The number of benzene rings is 2. The first-order valence-corrected chi connectivity index (χ1v) is 6.85. The average molecular weight is 252 g/mol. The molecule has 1 nitrogen and oxygen atoms in total. The molecule has 0 spiro atoms. The monoisotopic (exact) mass is 252 g/mol. The molecular weight excluding hydrogens is 232 g/mol.